The zero-order chi connectivity index (χ0) is 22.9. The van der Waals surface area contributed by atoms with Gasteiger partial charge in [-0.25, -0.2) is 8.78 Å². The molecule has 2 aromatic carbocycles. The van der Waals surface area contributed by atoms with E-state index >= 15 is 0 Å². The summed E-state index contributed by atoms with van der Waals surface area (Å²) >= 11 is 8.00. The van der Waals surface area contributed by atoms with Gasteiger partial charge >= 0.3 is 0 Å². The first-order valence-electron chi connectivity index (χ1n) is 10.1. The molecule has 164 valence electrons. The molecule has 1 saturated carbocycles. The van der Waals surface area contributed by atoms with E-state index in [4.69, 9.17) is 11.6 Å². The van der Waals surface area contributed by atoms with Crippen molar-refractivity contribution in [1.29, 1.82) is 0 Å². The Bertz CT molecular complexity index is 1190. The summed E-state index contributed by atoms with van der Waals surface area (Å²) in [7, 11) is 1.41. The molecule has 0 spiro atoms. The van der Waals surface area contributed by atoms with Gasteiger partial charge < -0.3 is 4.90 Å². The molecule has 0 bridgehead atoms. The standard InChI is InChI=1S/C25H20ClF2NO2S/c1-29(24(31)22-20(27)11-4-12-21(22)28)25(18-9-2-3-10-19(18)26)13-5-7-16(23(25)30)15-17-8-6-14-32-17/h2-4,6,8-12,14-15H,5,7,13H2,1H3/b16-15+. The van der Waals surface area contributed by atoms with Gasteiger partial charge in [0.15, 0.2) is 5.78 Å². The Hall–Kier alpha value is -2.83. The van der Waals surface area contributed by atoms with E-state index < -0.39 is 28.6 Å². The highest BCUT2D eigenvalue weighted by molar-refractivity contribution is 7.10. The van der Waals surface area contributed by atoms with Crippen molar-refractivity contribution < 1.29 is 18.4 Å². The quantitative estimate of drug-likeness (QED) is 0.408. The van der Waals surface area contributed by atoms with Crippen molar-refractivity contribution in [3.63, 3.8) is 0 Å². The first-order valence-corrected chi connectivity index (χ1v) is 11.4. The molecule has 4 rings (SSSR count). The first kappa shape index (κ1) is 22.4. The van der Waals surface area contributed by atoms with Crippen molar-refractivity contribution in [3.8, 4) is 0 Å². The molecule has 7 heteroatoms. The minimum atomic E-state index is -1.48. The van der Waals surface area contributed by atoms with Crippen molar-refractivity contribution in [2.45, 2.75) is 24.8 Å². The van der Waals surface area contributed by atoms with Crippen LogP contribution < -0.4 is 0 Å². The molecule has 1 aliphatic rings. The van der Waals surface area contributed by atoms with Crippen LogP contribution in [0.4, 0.5) is 8.78 Å². The highest BCUT2D eigenvalue weighted by Gasteiger charge is 2.50. The Balaban J connectivity index is 1.89. The monoisotopic (exact) mass is 471 g/mol. The van der Waals surface area contributed by atoms with E-state index in [0.717, 1.165) is 21.9 Å². The van der Waals surface area contributed by atoms with Crippen molar-refractivity contribution in [2.24, 2.45) is 0 Å². The van der Waals surface area contributed by atoms with Gasteiger partial charge in [-0.3, -0.25) is 9.59 Å². The predicted octanol–water partition coefficient (Wildman–Crippen LogP) is 6.48. The third-order valence-corrected chi connectivity index (χ3v) is 7.03. The fraction of sp³-hybridized carbons (Fsp3) is 0.200. The average Bonchev–Trinajstić information content (AvgIpc) is 3.28. The second-order valence-electron chi connectivity index (χ2n) is 7.67. The highest BCUT2D eigenvalue weighted by atomic mass is 35.5. The van der Waals surface area contributed by atoms with Gasteiger partial charge in [-0.1, -0.05) is 41.9 Å². The number of amides is 1. The molecule has 0 N–H and O–H groups in total. The minimum absolute atomic E-state index is 0.287. The third kappa shape index (κ3) is 3.78. The fourth-order valence-electron chi connectivity index (χ4n) is 4.31. The van der Waals surface area contributed by atoms with Crippen LogP contribution in [0.2, 0.25) is 5.02 Å². The predicted molar refractivity (Wildman–Crippen MR) is 123 cm³/mol. The van der Waals surface area contributed by atoms with Gasteiger partial charge in [0.2, 0.25) is 0 Å². The lowest BCUT2D eigenvalue weighted by atomic mass is 9.71. The Kier molecular flexibility index (Phi) is 6.26. The molecule has 1 aliphatic carbocycles. The topological polar surface area (TPSA) is 37.4 Å². The Morgan fingerprint density at radius 3 is 2.47 bits per heavy atom. The van der Waals surface area contributed by atoms with Crippen molar-refractivity contribution in [3.05, 3.63) is 98.2 Å². The number of carbonyl (C=O) groups is 2. The van der Waals surface area contributed by atoms with Crippen LogP contribution in [-0.2, 0) is 10.3 Å². The molecule has 0 saturated heterocycles. The number of thiophene rings is 1. The van der Waals surface area contributed by atoms with Crippen LogP contribution in [0, 0.1) is 11.6 Å². The molecule has 1 atom stereocenters. The second-order valence-corrected chi connectivity index (χ2v) is 9.06. The molecule has 0 radical (unpaired) electrons. The molecule has 1 aromatic heterocycles. The number of hydrogen-bond acceptors (Lipinski definition) is 3. The minimum Gasteiger partial charge on any atom is -0.324 e. The Morgan fingerprint density at radius 1 is 1.09 bits per heavy atom. The summed E-state index contributed by atoms with van der Waals surface area (Å²) in [6, 6.07) is 13.8. The SMILES string of the molecule is CN(C(=O)c1c(F)cccc1F)C1(c2ccccc2Cl)CCC/C(=C\c2cccs2)C1=O. The lowest BCUT2D eigenvalue weighted by molar-refractivity contribution is -0.128. The maximum absolute atomic E-state index is 14.5. The molecule has 1 unspecified atom stereocenters. The van der Waals surface area contributed by atoms with Gasteiger partial charge in [0.25, 0.3) is 5.91 Å². The number of hydrogen-bond donors (Lipinski definition) is 0. The van der Waals surface area contributed by atoms with E-state index in [1.807, 2.05) is 23.6 Å². The normalized spacial score (nSPS) is 19.9. The van der Waals surface area contributed by atoms with Gasteiger partial charge in [0.1, 0.15) is 22.7 Å². The van der Waals surface area contributed by atoms with E-state index in [-0.39, 0.29) is 12.2 Å². The Labute approximate surface area is 193 Å². The molecule has 3 nitrogen and oxygen atoms in total. The first-order chi connectivity index (χ1) is 15.4. The second kappa shape index (κ2) is 8.96. The van der Waals surface area contributed by atoms with E-state index in [9.17, 15) is 18.4 Å². The van der Waals surface area contributed by atoms with Crippen molar-refractivity contribution in [2.75, 3.05) is 7.05 Å². The number of halogens is 3. The molecular formula is C25H20ClF2NO2S. The maximum Gasteiger partial charge on any atom is 0.260 e. The van der Waals surface area contributed by atoms with Gasteiger partial charge in [0.05, 0.1) is 0 Å². The van der Waals surface area contributed by atoms with E-state index in [0.29, 0.717) is 29.0 Å². The van der Waals surface area contributed by atoms with Crippen LogP contribution in [-0.4, -0.2) is 23.6 Å². The molecule has 3 aromatic rings. The van der Waals surface area contributed by atoms with Crippen LogP contribution in [0.15, 0.2) is 65.6 Å². The molecule has 1 amide bonds. The molecule has 1 fully saturated rings. The van der Waals surface area contributed by atoms with Gasteiger partial charge in [-0.2, -0.15) is 0 Å². The smallest absolute Gasteiger partial charge is 0.260 e. The number of benzene rings is 2. The van der Waals surface area contributed by atoms with Crippen molar-refractivity contribution >= 4 is 40.7 Å². The zero-order valence-corrected chi connectivity index (χ0v) is 18.9. The average molecular weight is 472 g/mol. The molecule has 32 heavy (non-hydrogen) atoms. The summed E-state index contributed by atoms with van der Waals surface area (Å²) in [4.78, 5) is 29.4. The number of carbonyl (C=O) groups excluding carboxylic acids is 2. The van der Waals surface area contributed by atoms with Crippen LogP contribution in [0.5, 0.6) is 0 Å². The number of rotatable bonds is 4. The van der Waals surface area contributed by atoms with Gasteiger partial charge in [0, 0.05) is 22.5 Å². The van der Waals surface area contributed by atoms with E-state index in [1.54, 1.807) is 24.3 Å². The van der Waals surface area contributed by atoms with Crippen LogP contribution in [0.25, 0.3) is 6.08 Å². The largest absolute Gasteiger partial charge is 0.324 e. The lowest BCUT2D eigenvalue weighted by Gasteiger charge is -2.44. The van der Waals surface area contributed by atoms with E-state index in [2.05, 4.69) is 0 Å². The molecular weight excluding hydrogens is 452 g/mol. The zero-order valence-electron chi connectivity index (χ0n) is 17.3. The summed E-state index contributed by atoms with van der Waals surface area (Å²) < 4.78 is 28.9. The fourth-order valence-corrected chi connectivity index (χ4v) is 5.28. The number of likely N-dealkylation sites (N-methyl/N-ethyl adjacent to an activating group) is 1. The number of Topliss-reactive ketones (excluding diaryl/α,β-unsaturated/α-hetero) is 1. The summed E-state index contributed by atoms with van der Waals surface area (Å²) in [6.07, 6.45) is 3.25. The third-order valence-electron chi connectivity index (χ3n) is 5.88. The molecule has 1 heterocycles. The Morgan fingerprint density at radius 2 is 1.81 bits per heavy atom. The lowest BCUT2D eigenvalue weighted by Crippen LogP contribution is -2.55. The number of nitrogens with zero attached hydrogens (tertiary/aromatic N) is 1. The summed E-state index contributed by atoms with van der Waals surface area (Å²) in [5, 5.41) is 2.23. The van der Waals surface area contributed by atoms with Crippen LogP contribution >= 0.6 is 22.9 Å². The summed E-state index contributed by atoms with van der Waals surface area (Å²) in [5.74, 6) is -3.16. The van der Waals surface area contributed by atoms with Gasteiger partial charge in [-0.15, -0.1) is 11.3 Å². The van der Waals surface area contributed by atoms with Crippen LogP contribution in [0.1, 0.15) is 40.1 Å². The summed E-state index contributed by atoms with van der Waals surface area (Å²) in [6.45, 7) is 0. The summed E-state index contributed by atoms with van der Waals surface area (Å²) in [5.41, 5.74) is -1.18. The highest BCUT2D eigenvalue weighted by Crippen LogP contribution is 2.45. The van der Waals surface area contributed by atoms with Crippen LogP contribution in [0.3, 0.4) is 0 Å². The maximum atomic E-state index is 14.5. The van der Waals surface area contributed by atoms with Gasteiger partial charge in [-0.05, 0) is 60.6 Å². The molecule has 0 aliphatic heterocycles. The van der Waals surface area contributed by atoms with Crippen molar-refractivity contribution in [1.82, 2.24) is 4.90 Å². The number of ketones is 1. The van der Waals surface area contributed by atoms with E-state index in [1.165, 1.54) is 24.5 Å².